The topological polar surface area (TPSA) is 79.7 Å². The molecule has 7 heteroatoms. The van der Waals surface area contributed by atoms with E-state index in [1.54, 1.807) is 38.3 Å². The third kappa shape index (κ3) is 3.61. The van der Waals surface area contributed by atoms with Gasteiger partial charge in [0.05, 0.1) is 34.3 Å². The van der Waals surface area contributed by atoms with E-state index in [9.17, 15) is 14.7 Å². The highest BCUT2D eigenvalue weighted by Gasteiger charge is 2.45. The maximum Gasteiger partial charge on any atom is 0.294 e. The van der Waals surface area contributed by atoms with Gasteiger partial charge in [0.2, 0.25) is 5.78 Å². The highest BCUT2D eigenvalue weighted by molar-refractivity contribution is 7.14. The molecule has 1 aliphatic heterocycles. The van der Waals surface area contributed by atoms with Crippen LogP contribution in [0.3, 0.4) is 0 Å². The smallest absolute Gasteiger partial charge is 0.294 e. The fraction of sp³-hybridized carbons (Fsp3) is 0.208. The molecule has 31 heavy (non-hydrogen) atoms. The van der Waals surface area contributed by atoms with Crippen molar-refractivity contribution < 1.29 is 19.4 Å². The second kappa shape index (κ2) is 8.00. The summed E-state index contributed by atoms with van der Waals surface area (Å²) in [6.07, 6.45) is 0. The van der Waals surface area contributed by atoms with E-state index >= 15 is 0 Å². The number of nitrogens with zero attached hydrogens (tertiary/aromatic N) is 2. The minimum Gasteiger partial charge on any atom is -0.503 e. The van der Waals surface area contributed by atoms with Gasteiger partial charge in [0.15, 0.2) is 5.76 Å². The Kier molecular flexibility index (Phi) is 5.37. The number of hydrogen-bond donors (Lipinski definition) is 1. The predicted molar refractivity (Wildman–Crippen MR) is 120 cm³/mol. The Morgan fingerprint density at radius 2 is 1.84 bits per heavy atom. The van der Waals surface area contributed by atoms with Gasteiger partial charge in [0.25, 0.3) is 5.91 Å². The van der Waals surface area contributed by atoms with E-state index in [0.717, 1.165) is 16.1 Å². The van der Waals surface area contributed by atoms with Crippen LogP contribution < -0.4 is 9.64 Å². The summed E-state index contributed by atoms with van der Waals surface area (Å²) < 4.78 is 5.22. The van der Waals surface area contributed by atoms with E-state index in [1.807, 2.05) is 38.1 Å². The Hall–Kier alpha value is -3.45. The molecule has 0 aliphatic carbocycles. The number of Topliss-reactive ketones (excluding diaryl/α,β-unsaturated/α-hetero) is 1. The van der Waals surface area contributed by atoms with Gasteiger partial charge in [-0.1, -0.05) is 29.8 Å². The minimum atomic E-state index is -0.755. The molecule has 0 saturated heterocycles. The van der Waals surface area contributed by atoms with Crippen LogP contribution in [-0.4, -0.2) is 28.9 Å². The van der Waals surface area contributed by atoms with Crippen molar-refractivity contribution in [3.8, 4) is 5.75 Å². The first-order valence-electron chi connectivity index (χ1n) is 9.78. The molecule has 3 aromatic rings. The van der Waals surface area contributed by atoms with Gasteiger partial charge < -0.3 is 9.84 Å². The molecule has 0 saturated carbocycles. The zero-order valence-corrected chi connectivity index (χ0v) is 18.5. The number of ketones is 1. The third-order valence-corrected chi connectivity index (χ3v) is 6.34. The Balaban J connectivity index is 1.88. The molecule has 0 spiro atoms. The van der Waals surface area contributed by atoms with E-state index in [0.29, 0.717) is 22.0 Å². The van der Waals surface area contributed by atoms with E-state index in [-0.39, 0.29) is 11.4 Å². The highest BCUT2D eigenvalue weighted by atomic mass is 32.1. The van der Waals surface area contributed by atoms with Crippen LogP contribution >= 0.6 is 11.3 Å². The maximum atomic E-state index is 13.5. The molecule has 1 atom stereocenters. The summed E-state index contributed by atoms with van der Waals surface area (Å²) in [5.74, 6) is -0.875. The molecule has 1 amide bonds. The molecule has 2 aromatic carbocycles. The van der Waals surface area contributed by atoms with Crippen molar-refractivity contribution in [3.63, 3.8) is 0 Å². The molecule has 6 nitrogen and oxygen atoms in total. The number of anilines is 1. The monoisotopic (exact) mass is 434 g/mol. The number of aromatic nitrogens is 1. The van der Waals surface area contributed by atoms with Crippen molar-refractivity contribution in [1.29, 1.82) is 0 Å². The number of carbonyl (C=O) groups is 2. The maximum absolute atomic E-state index is 13.5. The van der Waals surface area contributed by atoms with E-state index in [1.165, 1.54) is 16.2 Å². The lowest BCUT2D eigenvalue weighted by molar-refractivity contribution is -0.117. The Labute approximate surface area is 184 Å². The largest absolute Gasteiger partial charge is 0.503 e. The summed E-state index contributed by atoms with van der Waals surface area (Å²) in [5, 5.41) is 11.6. The average Bonchev–Trinajstić information content (AvgIpc) is 3.23. The lowest BCUT2D eigenvalue weighted by Gasteiger charge is -2.27. The first-order chi connectivity index (χ1) is 14.8. The highest BCUT2D eigenvalue weighted by Crippen LogP contribution is 2.43. The van der Waals surface area contributed by atoms with Crippen LogP contribution in [0.5, 0.6) is 5.75 Å². The van der Waals surface area contributed by atoms with Crippen molar-refractivity contribution >= 4 is 28.7 Å². The van der Waals surface area contributed by atoms with E-state index in [2.05, 4.69) is 4.98 Å². The second-order valence-electron chi connectivity index (χ2n) is 7.43. The Morgan fingerprint density at radius 3 is 2.42 bits per heavy atom. The summed E-state index contributed by atoms with van der Waals surface area (Å²) in [4.78, 5) is 33.0. The normalized spacial score (nSPS) is 16.2. The zero-order valence-electron chi connectivity index (χ0n) is 17.7. The molecular weight excluding hydrogens is 412 g/mol. The first-order valence-corrected chi connectivity index (χ1v) is 10.6. The lowest BCUT2D eigenvalue weighted by Crippen LogP contribution is -2.31. The van der Waals surface area contributed by atoms with Crippen LogP contribution in [0, 0.1) is 20.8 Å². The second-order valence-corrected chi connectivity index (χ2v) is 8.63. The zero-order chi connectivity index (χ0) is 22.3. The van der Waals surface area contributed by atoms with Crippen molar-refractivity contribution in [2.45, 2.75) is 26.8 Å². The third-order valence-electron chi connectivity index (χ3n) is 5.27. The number of amides is 1. The van der Waals surface area contributed by atoms with E-state index in [4.69, 9.17) is 4.74 Å². The predicted octanol–water partition coefficient (Wildman–Crippen LogP) is 4.86. The number of thiazole rings is 1. The van der Waals surface area contributed by atoms with Crippen molar-refractivity contribution in [2.75, 3.05) is 12.0 Å². The van der Waals surface area contributed by atoms with Crippen LogP contribution in [0.2, 0.25) is 0 Å². The number of hydrogen-bond acceptors (Lipinski definition) is 6. The molecule has 1 aromatic heterocycles. The summed E-state index contributed by atoms with van der Waals surface area (Å²) >= 11 is 1.26. The van der Waals surface area contributed by atoms with Crippen LogP contribution in [0.4, 0.5) is 5.69 Å². The van der Waals surface area contributed by atoms with Gasteiger partial charge in [-0.25, -0.2) is 4.98 Å². The Morgan fingerprint density at radius 1 is 1.13 bits per heavy atom. The lowest BCUT2D eigenvalue weighted by atomic mass is 9.94. The summed E-state index contributed by atoms with van der Waals surface area (Å²) in [5.41, 5.74) is 2.95. The molecule has 1 N–H and O–H groups in total. The summed E-state index contributed by atoms with van der Waals surface area (Å²) in [6, 6.07) is 13.8. The molecule has 2 heterocycles. The number of aliphatic hydroxyl groups is 1. The number of carbonyl (C=O) groups excluding carboxylic acids is 2. The quantitative estimate of drug-likeness (QED) is 0.580. The van der Waals surface area contributed by atoms with Crippen LogP contribution in [0.15, 0.2) is 59.9 Å². The fourth-order valence-electron chi connectivity index (χ4n) is 3.87. The SMILES string of the molecule is COc1ccc(N2C(=O)C(O)=C(C(=O)c3sc(C)nc3C)C2c2cccc(C)c2)cc1. The average molecular weight is 435 g/mol. The molecule has 0 radical (unpaired) electrons. The van der Waals surface area contributed by atoms with Crippen LogP contribution in [0.25, 0.3) is 0 Å². The molecule has 1 aliphatic rings. The minimum absolute atomic E-state index is 0.0677. The molecule has 1 unspecified atom stereocenters. The van der Waals surface area contributed by atoms with Crippen LogP contribution in [-0.2, 0) is 4.79 Å². The Bertz CT molecular complexity index is 1210. The van der Waals surface area contributed by atoms with Gasteiger partial charge in [0, 0.05) is 5.69 Å². The number of aliphatic hydroxyl groups excluding tert-OH is 1. The molecular formula is C24H22N2O4S. The van der Waals surface area contributed by atoms with Gasteiger partial charge in [0.1, 0.15) is 5.75 Å². The number of aryl methyl sites for hydroxylation is 3. The molecule has 4 rings (SSSR count). The van der Waals surface area contributed by atoms with Gasteiger partial charge in [-0.05, 0) is 50.6 Å². The fourth-order valence-corrected chi connectivity index (χ4v) is 4.74. The summed E-state index contributed by atoms with van der Waals surface area (Å²) in [7, 11) is 1.56. The number of methoxy groups -OCH3 is 1. The van der Waals surface area contributed by atoms with Crippen molar-refractivity contribution in [1.82, 2.24) is 4.98 Å². The standard InChI is InChI=1S/C24H22N2O4S/c1-13-6-5-7-16(12-13)20-19(21(27)23-14(2)25-15(3)31-23)22(28)24(29)26(20)17-8-10-18(30-4)11-9-17/h5-12,20,28H,1-4H3. The first kappa shape index (κ1) is 20.8. The number of benzene rings is 2. The van der Waals surface area contributed by atoms with E-state index < -0.39 is 17.7 Å². The molecule has 0 bridgehead atoms. The van der Waals surface area contributed by atoms with Crippen LogP contribution in [0.1, 0.15) is 37.5 Å². The van der Waals surface area contributed by atoms with Gasteiger partial charge >= 0.3 is 0 Å². The van der Waals surface area contributed by atoms with Gasteiger partial charge in [-0.15, -0.1) is 11.3 Å². The summed E-state index contributed by atoms with van der Waals surface area (Å²) in [6.45, 7) is 5.53. The van der Waals surface area contributed by atoms with Crippen molar-refractivity contribution in [3.05, 3.63) is 86.6 Å². The molecule has 0 fully saturated rings. The van der Waals surface area contributed by atoms with Gasteiger partial charge in [-0.2, -0.15) is 0 Å². The van der Waals surface area contributed by atoms with Gasteiger partial charge in [-0.3, -0.25) is 14.5 Å². The number of ether oxygens (including phenoxy) is 1. The molecule has 158 valence electrons. The van der Waals surface area contributed by atoms with Crippen molar-refractivity contribution in [2.24, 2.45) is 0 Å². The number of rotatable bonds is 5.